The van der Waals surface area contributed by atoms with Crippen LogP contribution < -0.4 is 5.32 Å². The Hall–Kier alpha value is -2.37. The summed E-state index contributed by atoms with van der Waals surface area (Å²) in [4.78, 5) is 38.2. The Bertz CT molecular complexity index is 687. The molecule has 1 aromatic carbocycles. The van der Waals surface area contributed by atoms with E-state index in [1.807, 2.05) is 6.92 Å². The van der Waals surface area contributed by atoms with Gasteiger partial charge in [0, 0.05) is 0 Å². The molecule has 3 amide bonds. The van der Waals surface area contributed by atoms with E-state index in [2.05, 4.69) is 5.32 Å². The minimum atomic E-state index is -0.755. The Balaban J connectivity index is 1.82. The predicted molar refractivity (Wildman–Crippen MR) is 87.2 cm³/mol. The molecule has 2 fully saturated rings. The van der Waals surface area contributed by atoms with E-state index in [-0.39, 0.29) is 24.4 Å². The van der Waals surface area contributed by atoms with Gasteiger partial charge in [0.15, 0.2) is 0 Å². The Kier molecular flexibility index (Phi) is 4.30. The smallest absolute Gasteiger partial charge is 0.337 e. The van der Waals surface area contributed by atoms with E-state index < -0.39 is 11.5 Å². The molecular formula is C18H22N2O4. The maximum Gasteiger partial charge on any atom is 0.337 e. The average Bonchev–Trinajstić information content (AvgIpc) is 2.82. The van der Waals surface area contributed by atoms with Crippen LogP contribution in [0.5, 0.6) is 0 Å². The molecule has 1 aliphatic carbocycles. The third-order valence-corrected chi connectivity index (χ3v) is 5.19. The van der Waals surface area contributed by atoms with Crippen LogP contribution in [0.2, 0.25) is 0 Å². The number of esters is 1. The largest absolute Gasteiger partial charge is 0.465 e. The van der Waals surface area contributed by atoms with Gasteiger partial charge in [0.2, 0.25) is 0 Å². The van der Waals surface area contributed by atoms with Crippen molar-refractivity contribution in [2.75, 3.05) is 7.11 Å². The topological polar surface area (TPSA) is 75.7 Å². The molecule has 6 nitrogen and oxygen atoms in total. The highest BCUT2D eigenvalue weighted by Crippen LogP contribution is 2.38. The lowest BCUT2D eigenvalue weighted by Crippen LogP contribution is -2.53. The summed E-state index contributed by atoms with van der Waals surface area (Å²) in [7, 11) is 1.32. The first-order chi connectivity index (χ1) is 11.5. The summed E-state index contributed by atoms with van der Waals surface area (Å²) in [6.07, 6.45) is 3.67. The Morgan fingerprint density at radius 3 is 2.88 bits per heavy atom. The number of benzene rings is 1. The fraction of sp³-hybridized carbons (Fsp3) is 0.500. The number of carbonyl (C=O) groups is 3. The van der Waals surface area contributed by atoms with E-state index in [0.717, 1.165) is 24.8 Å². The van der Waals surface area contributed by atoms with Gasteiger partial charge in [-0.3, -0.25) is 9.69 Å². The number of carbonyl (C=O) groups excluding carboxylic acids is 3. The number of methoxy groups -OCH3 is 1. The fourth-order valence-corrected chi connectivity index (χ4v) is 3.74. The summed E-state index contributed by atoms with van der Waals surface area (Å²) in [6, 6.07) is 6.46. The van der Waals surface area contributed by atoms with Crippen molar-refractivity contribution in [3.63, 3.8) is 0 Å². The molecule has 2 atom stereocenters. The first-order valence-electron chi connectivity index (χ1n) is 8.29. The number of urea groups is 1. The van der Waals surface area contributed by atoms with E-state index in [9.17, 15) is 14.4 Å². The van der Waals surface area contributed by atoms with E-state index in [0.29, 0.717) is 12.0 Å². The molecule has 1 N–H and O–H groups in total. The summed E-state index contributed by atoms with van der Waals surface area (Å²) in [5, 5.41) is 2.93. The van der Waals surface area contributed by atoms with Crippen molar-refractivity contribution in [3.8, 4) is 0 Å². The van der Waals surface area contributed by atoms with E-state index in [1.165, 1.54) is 12.0 Å². The SMILES string of the molecule is COC(=O)c1cccc(CN2C(=O)N[C@]3(CCCC[C@@H]3C)C2=O)c1. The summed E-state index contributed by atoms with van der Waals surface area (Å²) in [5.41, 5.74) is 0.375. The molecule has 1 aromatic rings. The van der Waals surface area contributed by atoms with Gasteiger partial charge in [0.1, 0.15) is 5.54 Å². The minimum absolute atomic E-state index is 0.133. The highest BCUT2D eigenvalue weighted by molar-refractivity contribution is 6.07. The molecule has 1 aliphatic heterocycles. The molecular weight excluding hydrogens is 308 g/mol. The zero-order chi connectivity index (χ0) is 17.3. The van der Waals surface area contributed by atoms with Crippen molar-refractivity contribution in [2.45, 2.75) is 44.7 Å². The maximum atomic E-state index is 12.9. The van der Waals surface area contributed by atoms with Gasteiger partial charge < -0.3 is 10.1 Å². The van der Waals surface area contributed by atoms with Crippen LogP contribution >= 0.6 is 0 Å². The molecule has 1 saturated heterocycles. The van der Waals surface area contributed by atoms with Gasteiger partial charge in [0.25, 0.3) is 5.91 Å². The van der Waals surface area contributed by atoms with Gasteiger partial charge in [-0.05, 0) is 36.5 Å². The molecule has 3 rings (SSSR count). The molecule has 0 aromatic heterocycles. The van der Waals surface area contributed by atoms with Crippen molar-refractivity contribution in [3.05, 3.63) is 35.4 Å². The standard InChI is InChI=1S/C18H22N2O4/c1-12-6-3-4-9-18(12)16(22)20(17(23)19-18)11-13-7-5-8-14(10-13)15(21)24-2/h5,7-8,10,12H,3-4,6,9,11H2,1-2H3,(H,19,23)/t12-,18-/m0/s1. The van der Waals surface area contributed by atoms with Crippen LogP contribution in [0.3, 0.4) is 0 Å². The van der Waals surface area contributed by atoms with Crippen LogP contribution in [0.1, 0.15) is 48.5 Å². The number of hydrogen-bond donors (Lipinski definition) is 1. The van der Waals surface area contributed by atoms with Crippen molar-refractivity contribution < 1.29 is 19.1 Å². The minimum Gasteiger partial charge on any atom is -0.465 e. The van der Waals surface area contributed by atoms with Gasteiger partial charge in [-0.2, -0.15) is 0 Å². The molecule has 1 saturated carbocycles. The normalized spacial score (nSPS) is 26.6. The van der Waals surface area contributed by atoms with Crippen molar-refractivity contribution in [1.82, 2.24) is 10.2 Å². The Labute approximate surface area is 141 Å². The van der Waals surface area contributed by atoms with Gasteiger partial charge >= 0.3 is 12.0 Å². The quantitative estimate of drug-likeness (QED) is 0.682. The Morgan fingerprint density at radius 2 is 2.17 bits per heavy atom. The molecule has 1 heterocycles. The van der Waals surface area contributed by atoms with Gasteiger partial charge in [-0.1, -0.05) is 31.9 Å². The molecule has 0 unspecified atom stereocenters. The number of nitrogens with one attached hydrogen (secondary N) is 1. The van der Waals surface area contributed by atoms with Gasteiger partial charge in [0.05, 0.1) is 19.2 Å². The molecule has 24 heavy (non-hydrogen) atoms. The van der Waals surface area contributed by atoms with Crippen molar-refractivity contribution in [1.29, 1.82) is 0 Å². The van der Waals surface area contributed by atoms with Crippen LogP contribution in [0, 0.1) is 5.92 Å². The molecule has 0 radical (unpaired) electrons. The Morgan fingerprint density at radius 1 is 1.38 bits per heavy atom. The zero-order valence-electron chi connectivity index (χ0n) is 14.0. The van der Waals surface area contributed by atoms with Crippen LogP contribution in [0.25, 0.3) is 0 Å². The second kappa shape index (κ2) is 6.26. The van der Waals surface area contributed by atoms with Crippen LogP contribution in [-0.2, 0) is 16.1 Å². The summed E-state index contributed by atoms with van der Waals surface area (Å²) in [6.45, 7) is 2.18. The van der Waals surface area contributed by atoms with E-state index >= 15 is 0 Å². The number of imide groups is 1. The maximum absolute atomic E-state index is 12.9. The van der Waals surface area contributed by atoms with Gasteiger partial charge in [-0.15, -0.1) is 0 Å². The highest BCUT2D eigenvalue weighted by Gasteiger charge is 2.54. The second-order valence-electron chi connectivity index (χ2n) is 6.63. The molecule has 1 spiro atoms. The van der Waals surface area contributed by atoms with Crippen LogP contribution in [-0.4, -0.2) is 35.5 Å². The highest BCUT2D eigenvalue weighted by atomic mass is 16.5. The van der Waals surface area contributed by atoms with E-state index in [4.69, 9.17) is 4.74 Å². The van der Waals surface area contributed by atoms with Crippen LogP contribution in [0.4, 0.5) is 4.79 Å². The third-order valence-electron chi connectivity index (χ3n) is 5.19. The monoisotopic (exact) mass is 330 g/mol. The number of ether oxygens (including phenoxy) is 1. The number of hydrogen-bond acceptors (Lipinski definition) is 4. The predicted octanol–water partition coefficient (Wildman–Crippen LogP) is 2.47. The molecule has 6 heteroatoms. The second-order valence-corrected chi connectivity index (χ2v) is 6.63. The lowest BCUT2D eigenvalue weighted by atomic mass is 9.73. The molecule has 2 aliphatic rings. The summed E-state index contributed by atoms with van der Waals surface area (Å²) < 4.78 is 4.71. The van der Waals surface area contributed by atoms with Crippen LogP contribution in [0.15, 0.2) is 24.3 Å². The van der Waals surface area contributed by atoms with Gasteiger partial charge in [-0.25, -0.2) is 9.59 Å². The third kappa shape index (κ3) is 2.66. The number of rotatable bonds is 3. The zero-order valence-corrected chi connectivity index (χ0v) is 14.0. The average molecular weight is 330 g/mol. The first kappa shape index (κ1) is 16.5. The number of nitrogens with zero attached hydrogens (tertiary/aromatic N) is 1. The fourth-order valence-electron chi connectivity index (χ4n) is 3.74. The first-order valence-corrected chi connectivity index (χ1v) is 8.29. The lowest BCUT2D eigenvalue weighted by molar-refractivity contribution is -0.134. The summed E-state index contributed by atoms with van der Waals surface area (Å²) >= 11 is 0. The van der Waals surface area contributed by atoms with E-state index in [1.54, 1.807) is 24.3 Å². The lowest BCUT2D eigenvalue weighted by Gasteiger charge is -2.36. The number of amides is 3. The molecule has 0 bridgehead atoms. The van der Waals surface area contributed by atoms with Crippen molar-refractivity contribution >= 4 is 17.9 Å². The van der Waals surface area contributed by atoms with Crippen molar-refractivity contribution in [2.24, 2.45) is 5.92 Å². The summed E-state index contributed by atoms with van der Waals surface area (Å²) in [5.74, 6) is -0.455. The molecule has 128 valence electrons.